The molecule has 4 fully saturated rings. The minimum atomic E-state index is -1.79. The molecule has 0 spiro atoms. The molecule has 8 bridgehead atoms. The molecule has 0 amide bonds. The lowest BCUT2D eigenvalue weighted by Gasteiger charge is -2.44. The molecule has 4 saturated heterocycles. The monoisotopic (exact) mass is 978 g/mol. The number of oxazole rings is 2. The van der Waals surface area contributed by atoms with E-state index in [1.807, 2.05) is 52.0 Å². The molecule has 0 saturated carbocycles. The van der Waals surface area contributed by atoms with Crippen molar-refractivity contribution >= 4 is 29.7 Å². The molecule has 69 heavy (non-hydrogen) atoms. The van der Waals surface area contributed by atoms with Crippen LogP contribution in [0.2, 0.25) is 0 Å². The zero-order chi connectivity index (χ0) is 49.2. The van der Waals surface area contributed by atoms with Crippen LogP contribution in [0.5, 0.6) is 0 Å². The van der Waals surface area contributed by atoms with Crippen molar-refractivity contribution in [3.63, 3.8) is 0 Å². The first kappa shape index (κ1) is 52.8. The molecule has 0 aliphatic carbocycles. The topological polar surface area (TPSA) is 216 Å². The first-order valence-corrected chi connectivity index (χ1v) is 24.9. The lowest BCUT2D eigenvalue weighted by Crippen LogP contribution is -2.50. The van der Waals surface area contributed by atoms with Gasteiger partial charge in [-0.05, 0) is 82.4 Å². The van der Waals surface area contributed by atoms with Gasteiger partial charge in [-0.1, -0.05) is 79.6 Å². The van der Waals surface area contributed by atoms with Crippen molar-refractivity contribution < 1.29 is 62.8 Å². The zero-order valence-corrected chi connectivity index (χ0v) is 40.9. The average molecular weight is 980 g/mol. The molecular weight excluding hydrogens is 908 g/mol. The van der Waals surface area contributed by atoms with E-state index in [0.29, 0.717) is 75.1 Å². The molecule has 16 heteroatoms. The quantitative estimate of drug-likeness (QED) is 0.0780. The van der Waals surface area contributed by atoms with Gasteiger partial charge >= 0.3 is 5.97 Å². The summed E-state index contributed by atoms with van der Waals surface area (Å²) in [4.78, 5) is 22.9. The van der Waals surface area contributed by atoms with E-state index in [-0.39, 0.29) is 80.0 Å². The molecule has 378 valence electrons. The highest BCUT2D eigenvalue weighted by Gasteiger charge is 2.45. The summed E-state index contributed by atoms with van der Waals surface area (Å²) in [5.41, 5.74) is 5.13. The van der Waals surface area contributed by atoms with Crippen LogP contribution in [0, 0.1) is 23.7 Å². The number of fused-ring (bicyclic) bond motifs is 9. The Labute approximate surface area is 410 Å². The van der Waals surface area contributed by atoms with Gasteiger partial charge < -0.3 is 58.1 Å². The number of carbonyl (C=O) groups is 1. The molecule has 5 aliphatic rings. The fourth-order valence-corrected chi connectivity index (χ4v) is 10.6. The van der Waals surface area contributed by atoms with E-state index in [4.69, 9.17) is 49.1 Å². The van der Waals surface area contributed by atoms with E-state index < -0.39 is 48.4 Å². The Kier molecular flexibility index (Phi) is 18.7. The molecule has 5 aliphatic heterocycles. The van der Waals surface area contributed by atoms with Crippen LogP contribution < -0.4 is 0 Å². The van der Waals surface area contributed by atoms with E-state index in [0.717, 1.165) is 16.7 Å². The third kappa shape index (κ3) is 14.6. The Morgan fingerprint density at radius 1 is 0.971 bits per heavy atom. The maximum Gasteiger partial charge on any atom is 0.330 e. The van der Waals surface area contributed by atoms with Gasteiger partial charge in [-0.2, -0.15) is 0 Å². The molecule has 15 nitrogen and oxygen atoms in total. The van der Waals surface area contributed by atoms with Gasteiger partial charge in [-0.25, -0.2) is 14.8 Å². The smallest absolute Gasteiger partial charge is 0.330 e. The van der Waals surface area contributed by atoms with Crippen LogP contribution in [0.4, 0.5) is 0 Å². The summed E-state index contributed by atoms with van der Waals surface area (Å²) < 4.78 is 43.9. The SMILES string of the molecule is C=C1C[C@@H]2C[C@@H]3C[C@@H](O)C[C@@H](O3)c3coc(n3)/C=C/C[C@H]3O[C@@H](/C(C)=C/c4coc(C[C@]5(O)C[C@H](CO)C[C@H]([C@H](O)/C=C(C)/C=C/[C@H](CO)C/C=C/Cl)O5)n4)[C@H](C)[C@@H](OC(=O)/C=C\C[C@@H](C1)O2)[C@H]3C. The second-order valence-corrected chi connectivity index (χ2v) is 20.1. The Hall–Kier alpha value is -4.00. The minimum Gasteiger partial charge on any atom is -0.458 e. The number of aromatic nitrogens is 2. The van der Waals surface area contributed by atoms with Crippen molar-refractivity contribution in [3.05, 3.63) is 107 Å². The standard InChI is InChI=1S/C53H71ClN2O13/c1-31(14-15-36(27-57)9-8-16-54)19-44(60)47-21-37(28-58)25-53(62,69-47)26-49-55-38(29-63-49)20-33(3)51-35(5)52-34(4)45(67-51)11-7-12-48-56-43(30-64-48)46-23-39(59)22-42(66-46)24-41-18-32(2)17-40(65-41)10-6-13-50(61)68-52/h6-8,12-16,19-20,29-30,34-37,39-42,44-47,51-52,57-60,62H,2,9-11,17-18,21-28H2,1,3-5H3/b12-7+,13-6-,15-14+,16-8+,31-19+,33-20+/t34-,35-,36+,37+,39+,40-,41+,42-,44+,45+,46+,47+,51-,52-,53-/m0/s1. The fraction of sp³-hybridized carbons (Fsp3) is 0.604. The van der Waals surface area contributed by atoms with Gasteiger partial charge in [0.15, 0.2) is 11.7 Å². The van der Waals surface area contributed by atoms with Crippen LogP contribution in [-0.2, 0) is 34.9 Å². The van der Waals surface area contributed by atoms with E-state index in [1.54, 1.807) is 30.6 Å². The van der Waals surface area contributed by atoms with Gasteiger partial charge in [0.25, 0.3) is 0 Å². The van der Waals surface area contributed by atoms with Crippen molar-refractivity contribution in [2.75, 3.05) is 13.2 Å². The first-order chi connectivity index (χ1) is 33.1. The van der Waals surface area contributed by atoms with Gasteiger partial charge in [0.05, 0.1) is 55.3 Å². The number of ether oxygens (including phenoxy) is 5. The Morgan fingerprint density at radius 2 is 1.77 bits per heavy atom. The molecule has 0 radical (unpaired) electrons. The number of halogens is 1. The van der Waals surface area contributed by atoms with Crippen molar-refractivity contribution in [1.29, 1.82) is 0 Å². The van der Waals surface area contributed by atoms with Crippen LogP contribution >= 0.6 is 11.6 Å². The molecule has 2 aromatic rings. The molecule has 0 aromatic carbocycles. The summed E-state index contributed by atoms with van der Waals surface area (Å²) in [6.45, 7) is 11.8. The Morgan fingerprint density at radius 3 is 2.55 bits per heavy atom. The molecule has 0 unspecified atom stereocenters. The number of hydrogen-bond donors (Lipinski definition) is 5. The van der Waals surface area contributed by atoms with Crippen molar-refractivity contribution in [2.45, 2.75) is 165 Å². The van der Waals surface area contributed by atoms with Crippen molar-refractivity contribution in [1.82, 2.24) is 9.97 Å². The summed E-state index contributed by atoms with van der Waals surface area (Å²) in [7, 11) is 0. The third-order valence-electron chi connectivity index (χ3n) is 14.0. The van der Waals surface area contributed by atoms with E-state index in [2.05, 4.69) is 11.6 Å². The number of carbonyl (C=O) groups excluding carboxylic acids is 1. The van der Waals surface area contributed by atoms with Crippen molar-refractivity contribution in [2.24, 2.45) is 23.7 Å². The molecule has 7 rings (SSSR count). The minimum absolute atomic E-state index is 0.0581. The second kappa shape index (κ2) is 24.4. The fourth-order valence-electron chi connectivity index (χ4n) is 10.5. The predicted octanol–water partition coefficient (Wildman–Crippen LogP) is 7.79. The van der Waals surface area contributed by atoms with Crippen LogP contribution in [0.3, 0.4) is 0 Å². The maximum absolute atomic E-state index is 13.5. The van der Waals surface area contributed by atoms with Gasteiger partial charge in [0.2, 0.25) is 5.89 Å². The van der Waals surface area contributed by atoms with Gasteiger partial charge in [-0.15, -0.1) is 0 Å². The molecule has 5 N–H and O–H groups in total. The third-order valence-corrected chi connectivity index (χ3v) is 14.2. The number of aliphatic hydroxyl groups is 5. The Balaban J connectivity index is 1.06. The number of esters is 1. The molecule has 7 heterocycles. The molecule has 15 atom stereocenters. The van der Waals surface area contributed by atoms with E-state index in [9.17, 15) is 30.3 Å². The van der Waals surface area contributed by atoms with Gasteiger partial charge in [0.1, 0.15) is 36.1 Å². The van der Waals surface area contributed by atoms with Crippen LogP contribution in [0.25, 0.3) is 12.2 Å². The van der Waals surface area contributed by atoms with Gasteiger partial charge in [-0.3, -0.25) is 0 Å². The lowest BCUT2D eigenvalue weighted by molar-refractivity contribution is -0.279. The summed E-state index contributed by atoms with van der Waals surface area (Å²) in [6, 6.07) is 0. The molecular formula is C53H71ClN2O13. The summed E-state index contributed by atoms with van der Waals surface area (Å²) in [6.07, 6.45) is 18.9. The van der Waals surface area contributed by atoms with Crippen LogP contribution in [0.1, 0.15) is 121 Å². The van der Waals surface area contributed by atoms with E-state index >= 15 is 0 Å². The van der Waals surface area contributed by atoms with Gasteiger partial charge in [0, 0.05) is 61.8 Å². The molecule has 2 aromatic heterocycles. The number of hydrogen-bond acceptors (Lipinski definition) is 15. The average Bonchev–Trinajstić information content (AvgIpc) is 3.96. The zero-order valence-electron chi connectivity index (χ0n) is 40.2. The summed E-state index contributed by atoms with van der Waals surface area (Å²) in [5, 5.41) is 53.7. The van der Waals surface area contributed by atoms with Crippen LogP contribution in [-0.4, -0.2) is 115 Å². The Bertz CT molecular complexity index is 2210. The predicted molar refractivity (Wildman–Crippen MR) is 258 cm³/mol. The second-order valence-electron chi connectivity index (χ2n) is 19.9. The highest BCUT2D eigenvalue weighted by atomic mass is 35.5. The largest absolute Gasteiger partial charge is 0.458 e. The summed E-state index contributed by atoms with van der Waals surface area (Å²) >= 11 is 5.65. The number of rotatable bonds is 12. The first-order valence-electron chi connectivity index (χ1n) is 24.4. The highest BCUT2D eigenvalue weighted by Crippen LogP contribution is 2.40. The van der Waals surface area contributed by atoms with Crippen LogP contribution in [0.15, 0.2) is 92.7 Å². The highest BCUT2D eigenvalue weighted by molar-refractivity contribution is 6.25. The van der Waals surface area contributed by atoms with E-state index in [1.165, 1.54) is 17.9 Å². The number of nitrogens with zero attached hydrogens (tertiary/aromatic N) is 2. The normalized spacial score (nSPS) is 36.1. The lowest BCUT2D eigenvalue weighted by atomic mass is 9.79. The summed E-state index contributed by atoms with van der Waals surface area (Å²) in [5.74, 6) is -2.59. The number of aliphatic hydroxyl groups excluding tert-OH is 4. The maximum atomic E-state index is 13.5. The van der Waals surface area contributed by atoms with Crippen molar-refractivity contribution in [3.8, 4) is 0 Å². The number of allylic oxidation sites excluding steroid dienone is 3.